The first-order chi connectivity index (χ1) is 8.66. The number of para-hydroxylation sites is 1. The second-order valence-electron chi connectivity index (χ2n) is 4.95. The van der Waals surface area contributed by atoms with Crippen LogP contribution in [0.2, 0.25) is 5.02 Å². The predicted molar refractivity (Wildman–Crippen MR) is 70.2 cm³/mol. The lowest BCUT2D eigenvalue weighted by Gasteiger charge is -2.20. The quantitative estimate of drug-likeness (QED) is 0.657. The van der Waals surface area contributed by atoms with Crippen molar-refractivity contribution in [1.29, 1.82) is 0 Å². The Balaban J connectivity index is 1.95. The molecule has 1 N–H and O–H groups in total. The maximum Gasteiger partial charge on any atom is 0.294 e. The Hall–Kier alpha value is -1.33. The highest BCUT2D eigenvalue weighted by Gasteiger charge is 2.38. The van der Waals surface area contributed by atoms with E-state index in [4.69, 9.17) is 11.6 Å². The number of rotatable bonds is 2. The minimum absolute atomic E-state index is 0.107. The van der Waals surface area contributed by atoms with Gasteiger partial charge in [-0.2, -0.15) is 0 Å². The van der Waals surface area contributed by atoms with E-state index in [-0.39, 0.29) is 10.6 Å². The normalized spacial score (nSPS) is 26.4. The lowest BCUT2D eigenvalue weighted by molar-refractivity contribution is -0.384. The third-order valence-electron chi connectivity index (χ3n) is 3.87. The number of nitro benzene ring substituents is 1. The number of hydrogen-bond donors (Lipinski definition) is 1. The molecule has 2 fully saturated rings. The summed E-state index contributed by atoms with van der Waals surface area (Å²) in [5.41, 5.74) is 0.689. The number of anilines is 1. The molecule has 1 aromatic rings. The van der Waals surface area contributed by atoms with Gasteiger partial charge < -0.3 is 10.2 Å². The molecule has 5 nitrogen and oxygen atoms in total. The van der Waals surface area contributed by atoms with Crippen LogP contribution in [0.3, 0.4) is 0 Å². The molecule has 2 atom stereocenters. The van der Waals surface area contributed by atoms with Gasteiger partial charge in [-0.15, -0.1) is 0 Å². The molecule has 2 heterocycles. The van der Waals surface area contributed by atoms with Gasteiger partial charge in [-0.25, -0.2) is 0 Å². The zero-order valence-corrected chi connectivity index (χ0v) is 10.6. The van der Waals surface area contributed by atoms with Gasteiger partial charge in [0.25, 0.3) is 5.69 Å². The molecule has 6 heteroatoms. The van der Waals surface area contributed by atoms with Crippen LogP contribution in [0.15, 0.2) is 18.2 Å². The van der Waals surface area contributed by atoms with Crippen molar-refractivity contribution < 1.29 is 4.92 Å². The van der Waals surface area contributed by atoms with Gasteiger partial charge in [0.15, 0.2) is 0 Å². The van der Waals surface area contributed by atoms with Crippen LogP contribution < -0.4 is 10.2 Å². The van der Waals surface area contributed by atoms with Crippen molar-refractivity contribution in [2.75, 3.05) is 31.1 Å². The molecule has 0 spiro atoms. The molecule has 0 saturated carbocycles. The van der Waals surface area contributed by atoms with Gasteiger partial charge in [0, 0.05) is 32.2 Å². The summed E-state index contributed by atoms with van der Waals surface area (Å²) in [6.07, 6.45) is 0. The van der Waals surface area contributed by atoms with E-state index in [0.717, 1.165) is 26.2 Å². The van der Waals surface area contributed by atoms with Crippen molar-refractivity contribution >= 4 is 23.0 Å². The molecule has 0 bridgehead atoms. The molecule has 2 saturated heterocycles. The smallest absolute Gasteiger partial charge is 0.294 e. The second kappa shape index (κ2) is 4.40. The van der Waals surface area contributed by atoms with Crippen LogP contribution in [0.25, 0.3) is 0 Å². The number of benzene rings is 1. The van der Waals surface area contributed by atoms with Crippen molar-refractivity contribution in [2.24, 2.45) is 11.8 Å². The first-order valence-corrected chi connectivity index (χ1v) is 6.43. The Morgan fingerprint density at radius 3 is 2.61 bits per heavy atom. The van der Waals surface area contributed by atoms with E-state index in [2.05, 4.69) is 10.2 Å². The van der Waals surface area contributed by atoms with Gasteiger partial charge in [0.1, 0.15) is 5.69 Å². The third-order valence-corrected chi connectivity index (χ3v) is 4.17. The molecule has 2 aliphatic heterocycles. The van der Waals surface area contributed by atoms with Crippen LogP contribution >= 0.6 is 11.6 Å². The summed E-state index contributed by atoms with van der Waals surface area (Å²) in [6.45, 7) is 3.70. The topological polar surface area (TPSA) is 58.4 Å². The molecule has 1 aromatic carbocycles. The van der Waals surface area contributed by atoms with Crippen molar-refractivity contribution in [3.8, 4) is 0 Å². The fourth-order valence-electron chi connectivity index (χ4n) is 3.00. The molecule has 0 amide bonds. The Labute approximate surface area is 110 Å². The highest BCUT2D eigenvalue weighted by molar-refractivity contribution is 6.33. The summed E-state index contributed by atoms with van der Waals surface area (Å²) < 4.78 is 0. The number of nitro groups is 1. The average molecular weight is 268 g/mol. The Bertz CT molecular complexity index is 482. The molecule has 0 aromatic heterocycles. The first-order valence-electron chi connectivity index (χ1n) is 6.05. The van der Waals surface area contributed by atoms with Gasteiger partial charge in [-0.1, -0.05) is 17.7 Å². The predicted octanol–water partition coefficient (Wildman–Crippen LogP) is 1.90. The lowest BCUT2D eigenvalue weighted by Crippen LogP contribution is -2.26. The van der Waals surface area contributed by atoms with Gasteiger partial charge in [-0.3, -0.25) is 10.1 Å². The summed E-state index contributed by atoms with van der Waals surface area (Å²) in [6, 6.07) is 4.87. The van der Waals surface area contributed by atoms with E-state index in [1.54, 1.807) is 12.1 Å². The average Bonchev–Trinajstić information content (AvgIpc) is 2.88. The minimum Gasteiger partial charge on any atom is -0.364 e. The van der Waals surface area contributed by atoms with E-state index in [9.17, 15) is 10.1 Å². The molecule has 3 rings (SSSR count). The fourth-order valence-corrected chi connectivity index (χ4v) is 3.29. The summed E-state index contributed by atoms with van der Waals surface area (Å²) in [7, 11) is 0. The summed E-state index contributed by atoms with van der Waals surface area (Å²) in [5.74, 6) is 1.17. The number of fused-ring (bicyclic) bond motifs is 1. The molecule has 18 heavy (non-hydrogen) atoms. The minimum atomic E-state index is -0.354. The van der Waals surface area contributed by atoms with E-state index in [0.29, 0.717) is 22.5 Å². The maximum absolute atomic E-state index is 11.1. The number of halogens is 1. The van der Waals surface area contributed by atoms with Crippen LogP contribution in [-0.4, -0.2) is 31.1 Å². The maximum atomic E-state index is 11.1. The van der Waals surface area contributed by atoms with Crippen LogP contribution in [0.4, 0.5) is 11.4 Å². The standard InChI is InChI=1S/C12H14ClN3O2/c13-10-2-1-3-11(16(17)18)12(10)15-6-8-4-14-5-9(8)7-15/h1-3,8-9,14H,4-7H2. The molecular formula is C12H14ClN3O2. The Morgan fingerprint density at radius 2 is 2.00 bits per heavy atom. The lowest BCUT2D eigenvalue weighted by atomic mass is 10.0. The summed E-state index contributed by atoms with van der Waals surface area (Å²) in [5, 5.41) is 14.9. The van der Waals surface area contributed by atoms with Gasteiger partial charge in [0.2, 0.25) is 0 Å². The number of hydrogen-bond acceptors (Lipinski definition) is 4. The third kappa shape index (κ3) is 1.83. The SMILES string of the molecule is O=[N+]([O-])c1cccc(Cl)c1N1CC2CNCC2C1. The Kier molecular flexibility index (Phi) is 2.87. The highest BCUT2D eigenvalue weighted by Crippen LogP contribution is 2.40. The second-order valence-corrected chi connectivity index (χ2v) is 5.36. The van der Waals surface area contributed by atoms with Crippen LogP contribution in [0.1, 0.15) is 0 Å². The molecule has 0 radical (unpaired) electrons. The van der Waals surface area contributed by atoms with Gasteiger partial charge in [-0.05, 0) is 17.9 Å². The van der Waals surface area contributed by atoms with Gasteiger partial charge in [0.05, 0.1) is 9.95 Å². The van der Waals surface area contributed by atoms with Crippen LogP contribution in [0, 0.1) is 22.0 Å². The summed E-state index contributed by atoms with van der Waals surface area (Å²) in [4.78, 5) is 12.8. The fraction of sp³-hybridized carbons (Fsp3) is 0.500. The number of nitrogens with one attached hydrogen (secondary N) is 1. The molecular weight excluding hydrogens is 254 g/mol. The van der Waals surface area contributed by atoms with E-state index in [1.807, 2.05) is 0 Å². The first kappa shape index (κ1) is 11.7. The highest BCUT2D eigenvalue weighted by atomic mass is 35.5. The van der Waals surface area contributed by atoms with E-state index >= 15 is 0 Å². The molecule has 96 valence electrons. The monoisotopic (exact) mass is 267 g/mol. The molecule has 2 unspecified atom stereocenters. The van der Waals surface area contributed by atoms with Crippen molar-refractivity contribution in [3.63, 3.8) is 0 Å². The zero-order chi connectivity index (χ0) is 12.7. The summed E-state index contributed by atoms with van der Waals surface area (Å²) >= 11 is 6.15. The molecule has 0 aliphatic carbocycles. The zero-order valence-electron chi connectivity index (χ0n) is 9.80. The van der Waals surface area contributed by atoms with E-state index < -0.39 is 0 Å². The van der Waals surface area contributed by atoms with Crippen molar-refractivity contribution in [3.05, 3.63) is 33.3 Å². The number of nitrogens with zero attached hydrogens (tertiary/aromatic N) is 2. The van der Waals surface area contributed by atoms with E-state index in [1.165, 1.54) is 6.07 Å². The van der Waals surface area contributed by atoms with Crippen molar-refractivity contribution in [1.82, 2.24) is 5.32 Å². The molecule has 2 aliphatic rings. The van der Waals surface area contributed by atoms with Gasteiger partial charge >= 0.3 is 0 Å². The van der Waals surface area contributed by atoms with Crippen LogP contribution in [0.5, 0.6) is 0 Å². The largest absolute Gasteiger partial charge is 0.364 e. The van der Waals surface area contributed by atoms with Crippen molar-refractivity contribution in [2.45, 2.75) is 0 Å². The Morgan fingerprint density at radius 1 is 1.33 bits per heavy atom. The van der Waals surface area contributed by atoms with Crippen LogP contribution in [-0.2, 0) is 0 Å².